The van der Waals surface area contributed by atoms with E-state index < -0.39 is 0 Å². The summed E-state index contributed by atoms with van der Waals surface area (Å²) in [5.41, 5.74) is 0. The van der Waals surface area contributed by atoms with Crippen LogP contribution in [0.1, 0.15) is 27.2 Å². The molecule has 0 saturated carbocycles. The Balaban J connectivity index is 1.80. The van der Waals surface area contributed by atoms with Gasteiger partial charge in [-0.15, -0.1) is 0 Å². The molecular weight excluding hydrogens is 198 g/mol. The molecule has 3 heteroatoms. The van der Waals surface area contributed by atoms with Crippen molar-refractivity contribution in [1.82, 2.24) is 15.1 Å². The Labute approximate surface area is 100 Å². The molecule has 3 atom stereocenters. The minimum atomic E-state index is 0.667. The molecule has 94 valence electrons. The van der Waals surface area contributed by atoms with Crippen LogP contribution in [0.5, 0.6) is 0 Å². The maximum atomic E-state index is 3.55. The van der Waals surface area contributed by atoms with Gasteiger partial charge in [0, 0.05) is 38.3 Å². The van der Waals surface area contributed by atoms with E-state index in [0.717, 1.165) is 12.5 Å². The van der Waals surface area contributed by atoms with Crippen LogP contribution in [0.25, 0.3) is 0 Å². The highest BCUT2D eigenvalue weighted by Crippen LogP contribution is 2.19. The van der Waals surface area contributed by atoms with Crippen molar-refractivity contribution in [2.24, 2.45) is 5.92 Å². The Morgan fingerprint density at radius 3 is 2.75 bits per heavy atom. The van der Waals surface area contributed by atoms with E-state index in [0.29, 0.717) is 12.1 Å². The number of piperazine rings is 1. The summed E-state index contributed by atoms with van der Waals surface area (Å²) in [6.07, 6.45) is 1.40. The molecule has 16 heavy (non-hydrogen) atoms. The average Bonchev–Trinajstić information content (AvgIpc) is 2.71. The first kappa shape index (κ1) is 12.3. The summed E-state index contributed by atoms with van der Waals surface area (Å²) in [6.45, 7) is 14.5. The number of nitrogens with zero attached hydrogens (tertiary/aromatic N) is 2. The van der Waals surface area contributed by atoms with Gasteiger partial charge in [0.2, 0.25) is 0 Å². The first-order valence-corrected chi connectivity index (χ1v) is 6.88. The van der Waals surface area contributed by atoms with Gasteiger partial charge >= 0.3 is 0 Å². The van der Waals surface area contributed by atoms with Gasteiger partial charge in [0.05, 0.1) is 0 Å². The lowest BCUT2D eigenvalue weighted by molar-refractivity contribution is 0.125. The van der Waals surface area contributed by atoms with Crippen molar-refractivity contribution in [3.63, 3.8) is 0 Å². The molecule has 0 bridgehead atoms. The molecule has 1 N–H and O–H groups in total. The molecule has 0 aromatic heterocycles. The largest absolute Gasteiger partial charge is 0.311 e. The minimum Gasteiger partial charge on any atom is -0.311 e. The summed E-state index contributed by atoms with van der Waals surface area (Å²) in [7, 11) is 0. The molecule has 2 aliphatic heterocycles. The maximum Gasteiger partial charge on any atom is 0.0193 e. The van der Waals surface area contributed by atoms with Crippen molar-refractivity contribution in [3.05, 3.63) is 0 Å². The predicted octanol–water partition coefficient (Wildman–Crippen LogP) is 1.01. The Morgan fingerprint density at radius 2 is 2.06 bits per heavy atom. The lowest BCUT2D eigenvalue weighted by Gasteiger charge is -2.38. The van der Waals surface area contributed by atoms with E-state index in [1.54, 1.807) is 0 Å². The minimum absolute atomic E-state index is 0.667. The van der Waals surface area contributed by atoms with E-state index in [-0.39, 0.29) is 0 Å². The molecule has 2 fully saturated rings. The molecule has 0 spiro atoms. The SMILES string of the molecule is CCN1CCC(CN2CC(C)NCC2C)C1. The summed E-state index contributed by atoms with van der Waals surface area (Å²) in [5, 5.41) is 3.55. The third-order valence-electron chi connectivity index (χ3n) is 4.20. The molecule has 2 heterocycles. The molecule has 2 aliphatic rings. The summed E-state index contributed by atoms with van der Waals surface area (Å²) in [4.78, 5) is 5.27. The van der Waals surface area contributed by atoms with Crippen molar-refractivity contribution in [2.75, 3.05) is 39.3 Å². The van der Waals surface area contributed by atoms with Crippen LogP contribution in [0, 0.1) is 5.92 Å². The van der Waals surface area contributed by atoms with Gasteiger partial charge in [0.25, 0.3) is 0 Å². The molecule has 2 saturated heterocycles. The zero-order chi connectivity index (χ0) is 11.5. The Hall–Kier alpha value is -0.120. The molecule has 3 unspecified atom stereocenters. The normalized spacial score (nSPS) is 38.1. The number of nitrogens with one attached hydrogen (secondary N) is 1. The zero-order valence-corrected chi connectivity index (χ0v) is 11.1. The second kappa shape index (κ2) is 5.48. The third-order valence-corrected chi connectivity index (χ3v) is 4.20. The fourth-order valence-corrected chi connectivity index (χ4v) is 3.03. The monoisotopic (exact) mass is 225 g/mol. The molecule has 0 aliphatic carbocycles. The quantitative estimate of drug-likeness (QED) is 0.773. The van der Waals surface area contributed by atoms with Crippen LogP contribution in [0.4, 0.5) is 0 Å². The van der Waals surface area contributed by atoms with Crippen LogP contribution in [0.15, 0.2) is 0 Å². The van der Waals surface area contributed by atoms with Gasteiger partial charge in [0.15, 0.2) is 0 Å². The highest BCUT2D eigenvalue weighted by Gasteiger charge is 2.28. The average molecular weight is 225 g/mol. The summed E-state index contributed by atoms with van der Waals surface area (Å²) >= 11 is 0. The van der Waals surface area contributed by atoms with E-state index in [2.05, 4.69) is 35.9 Å². The van der Waals surface area contributed by atoms with E-state index in [1.165, 1.54) is 39.1 Å². The Morgan fingerprint density at radius 1 is 1.25 bits per heavy atom. The van der Waals surface area contributed by atoms with Crippen molar-refractivity contribution < 1.29 is 0 Å². The first-order chi connectivity index (χ1) is 7.69. The number of hydrogen-bond acceptors (Lipinski definition) is 3. The summed E-state index contributed by atoms with van der Waals surface area (Å²) in [5.74, 6) is 0.910. The molecule has 0 amide bonds. The highest BCUT2D eigenvalue weighted by atomic mass is 15.2. The van der Waals surface area contributed by atoms with Gasteiger partial charge in [-0.3, -0.25) is 4.90 Å². The highest BCUT2D eigenvalue weighted by molar-refractivity contribution is 4.85. The molecule has 0 aromatic carbocycles. The number of hydrogen-bond donors (Lipinski definition) is 1. The van der Waals surface area contributed by atoms with Gasteiger partial charge in [-0.1, -0.05) is 6.92 Å². The van der Waals surface area contributed by atoms with E-state index in [9.17, 15) is 0 Å². The van der Waals surface area contributed by atoms with Crippen molar-refractivity contribution >= 4 is 0 Å². The summed E-state index contributed by atoms with van der Waals surface area (Å²) < 4.78 is 0. The lowest BCUT2D eigenvalue weighted by Crippen LogP contribution is -2.55. The molecule has 0 aromatic rings. The van der Waals surface area contributed by atoms with Crippen molar-refractivity contribution in [1.29, 1.82) is 0 Å². The Kier molecular flexibility index (Phi) is 4.22. The first-order valence-electron chi connectivity index (χ1n) is 6.88. The van der Waals surface area contributed by atoms with Crippen LogP contribution in [-0.2, 0) is 0 Å². The standard InChI is InChI=1S/C13H27N3/c1-4-15-6-5-13(9-15)10-16-8-11(2)14-7-12(16)3/h11-14H,4-10H2,1-3H3. The van der Waals surface area contributed by atoms with Gasteiger partial charge in [-0.2, -0.15) is 0 Å². The van der Waals surface area contributed by atoms with Crippen LogP contribution < -0.4 is 5.32 Å². The second-order valence-electron chi connectivity index (χ2n) is 5.66. The van der Waals surface area contributed by atoms with Crippen LogP contribution in [0.3, 0.4) is 0 Å². The lowest BCUT2D eigenvalue weighted by atomic mass is 10.0. The predicted molar refractivity (Wildman–Crippen MR) is 68.7 cm³/mol. The van der Waals surface area contributed by atoms with E-state index in [1.807, 2.05) is 0 Å². The summed E-state index contributed by atoms with van der Waals surface area (Å²) in [6, 6.07) is 1.38. The van der Waals surface area contributed by atoms with Crippen LogP contribution in [-0.4, -0.2) is 61.2 Å². The van der Waals surface area contributed by atoms with Gasteiger partial charge in [0.1, 0.15) is 0 Å². The second-order valence-corrected chi connectivity index (χ2v) is 5.66. The van der Waals surface area contributed by atoms with Crippen LogP contribution >= 0.6 is 0 Å². The van der Waals surface area contributed by atoms with Gasteiger partial charge in [-0.05, 0) is 39.3 Å². The molecule has 0 radical (unpaired) electrons. The molecular formula is C13H27N3. The smallest absolute Gasteiger partial charge is 0.0193 e. The molecule has 2 rings (SSSR count). The number of rotatable bonds is 3. The topological polar surface area (TPSA) is 18.5 Å². The van der Waals surface area contributed by atoms with Crippen molar-refractivity contribution in [2.45, 2.75) is 39.3 Å². The van der Waals surface area contributed by atoms with E-state index >= 15 is 0 Å². The number of likely N-dealkylation sites (tertiary alicyclic amines) is 1. The third kappa shape index (κ3) is 2.96. The van der Waals surface area contributed by atoms with Crippen molar-refractivity contribution in [3.8, 4) is 0 Å². The fourth-order valence-electron chi connectivity index (χ4n) is 3.03. The Bertz CT molecular complexity index is 219. The van der Waals surface area contributed by atoms with E-state index in [4.69, 9.17) is 0 Å². The van der Waals surface area contributed by atoms with Gasteiger partial charge in [-0.25, -0.2) is 0 Å². The molecule has 3 nitrogen and oxygen atoms in total. The fraction of sp³-hybridized carbons (Fsp3) is 1.00. The van der Waals surface area contributed by atoms with Gasteiger partial charge < -0.3 is 10.2 Å². The van der Waals surface area contributed by atoms with Crippen LogP contribution in [0.2, 0.25) is 0 Å². The zero-order valence-electron chi connectivity index (χ0n) is 11.1. The maximum absolute atomic E-state index is 3.55.